The smallest absolute Gasteiger partial charge is 0.258 e. The van der Waals surface area contributed by atoms with E-state index < -0.39 is 11.5 Å². The monoisotopic (exact) mass is 310 g/mol. The number of aromatic nitrogens is 1. The Hall–Kier alpha value is -2.50. The van der Waals surface area contributed by atoms with Crippen molar-refractivity contribution in [2.75, 3.05) is 0 Å². The topological polar surface area (TPSA) is 76.2 Å². The number of nitrogens with two attached hydrogens (primary N) is 1. The number of aliphatic hydroxyl groups is 1. The van der Waals surface area contributed by atoms with Crippen molar-refractivity contribution in [2.45, 2.75) is 5.60 Å². The maximum absolute atomic E-state index is 11.9. The highest BCUT2D eigenvalue weighted by molar-refractivity contribution is 7.03. The van der Waals surface area contributed by atoms with Crippen LogP contribution in [0.2, 0.25) is 0 Å². The molecule has 0 fully saturated rings. The first-order valence-electron chi connectivity index (χ1n) is 6.70. The van der Waals surface area contributed by atoms with Gasteiger partial charge in [-0.05, 0) is 28.2 Å². The third-order valence-electron chi connectivity index (χ3n) is 3.62. The quantitative estimate of drug-likeness (QED) is 0.777. The predicted molar refractivity (Wildman–Crippen MR) is 86.2 cm³/mol. The van der Waals surface area contributed by atoms with Crippen LogP contribution in [-0.4, -0.2) is 15.4 Å². The van der Waals surface area contributed by atoms with Crippen LogP contribution in [-0.2, 0) is 10.4 Å². The average Bonchev–Trinajstić information content (AvgIpc) is 3.09. The maximum Gasteiger partial charge on any atom is 0.258 e. The first kappa shape index (κ1) is 14.4. The van der Waals surface area contributed by atoms with E-state index in [1.165, 1.54) is 11.5 Å². The number of carbonyl (C=O) groups is 1. The highest BCUT2D eigenvalue weighted by Gasteiger charge is 2.37. The molecule has 1 aromatic heterocycles. The van der Waals surface area contributed by atoms with Crippen molar-refractivity contribution in [1.82, 2.24) is 4.37 Å². The van der Waals surface area contributed by atoms with E-state index in [0.29, 0.717) is 11.1 Å². The van der Waals surface area contributed by atoms with Crippen molar-refractivity contribution in [3.05, 3.63) is 77.3 Å². The minimum Gasteiger partial charge on any atom is -0.372 e. The van der Waals surface area contributed by atoms with Crippen LogP contribution in [0, 0.1) is 0 Å². The molecular formula is C17H14N2O2S. The van der Waals surface area contributed by atoms with Crippen molar-refractivity contribution in [1.29, 1.82) is 0 Å². The number of amides is 1. The molecule has 4 nitrogen and oxygen atoms in total. The Morgan fingerprint density at radius 3 is 2.18 bits per heavy atom. The Bertz CT molecular complexity index is 770. The minimum absolute atomic E-state index is 0.443. The van der Waals surface area contributed by atoms with Crippen LogP contribution < -0.4 is 5.73 Å². The summed E-state index contributed by atoms with van der Waals surface area (Å²) in [6.07, 6.45) is 1.77. The van der Waals surface area contributed by atoms with Gasteiger partial charge in [-0.3, -0.25) is 4.79 Å². The fourth-order valence-electron chi connectivity index (χ4n) is 2.38. The lowest BCUT2D eigenvalue weighted by Crippen LogP contribution is -2.42. The van der Waals surface area contributed by atoms with Crippen LogP contribution in [0.4, 0.5) is 0 Å². The number of hydrogen-bond donors (Lipinski definition) is 2. The minimum atomic E-state index is -1.84. The van der Waals surface area contributed by atoms with Gasteiger partial charge in [0.1, 0.15) is 0 Å². The van der Waals surface area contributed by atoms with Crippen molar-refractivity contribution in [2.24, 2.45) is 5.73 Å². The van der Waals surface area contributed by atoms with Gasteiger partial charge in [-0.25, -0.2) is 4.37 Å². The van der Waals surface area contributed by atoms with Gasteiger partial charge in [0.15, 0.2) is 5.60 Å². The van der Waals surface area contributed by atoms with Crippen LogP contribution >= 0.6 is 11.5 Å². The third-order valence-corrected chi connectivity index (χ3v) is 4.20. The van der Waals surface area contributed by atoms with E-state index in [9.17, 15) is 9.90 Å². The molecule has 0 spiro atoms. The van der Waals surface area contributed by atoms with Crippen LogP contribution in [0.15, 0.2) is 66.2 Å². The molecule has 1 heterocycles. The van der Waals surface area contributed by atoms with Crippen molar-refractivity contribution in [3.63, 3.8) is 0 Å². The van der Waals surface area contributed by atoms with Gasteiger partial charge in [0.25, 0.3) is 5.91 Å². The average molecular weight is 310 g/mol. The van der Waals surface area contributed by atoms with Gasteiger partial charge in [-0.15, -0.1) is 0 Å². The van der Waals surface area contributed by atoms with Crippen LogP contribution in [0.3, 0.4) is 0 Å². The van der Waals surface area contributed by atoms with Gasteiger partial charge in [-0.2, -0.15) is 0 Å². The summed E-state index contributed by atoms with van der Waals surface area (Å²) in [6.45, 7) is 0. The zero-order valence-corrected chi connectivity index (χ0v) is 12.5. The molecule has 2 aromatic carbocycles. The second-order valence-electron chi connectivity index (χ2n) is 4.93. The van der Waals surface area contributed by atoms with Crippen LogP contribution in [0.1, 0.15) is 11.1 Å². The normalized spacial score (nSPS) is 13.5. The van der Waals surface area contributed by atoms with E-state index >= 15 is 0 Å². The molecule has 0 aliphatic rings. The van der Waals surface area contributed by atoms with Gasteiger partial charge < -0.3 is 10.8 Å². The molecule has 22 heavy (non-hydrogen) atoms. The molecule has 3 aromatic rings. The van der Waals surface area contributed by atoms with Crippen molar-refractivity contribution >= 4 is 17.4 Å². The summed E-state index contributed by atoms with van der Waals surface area (Å²) in [4.78, 5) is 11.9. The first-order valence-corrected chi connectivity index (χ1v) is 7.54. The summed E-state index contributed by atoms with van der Waals surface area (Å²) in [5, 5.41) is 12.8. The van der Waals surface area contributed by atoms with Crippen LogP contribution in [0.25, 0.3) is 11.1 Å². The molecule has 0 aliphatic heterocycles. The molecule has 1 unspecified atom stereocenters. The Morgan fingerprint density at radius 2 is 1.64 bits per heavy atom. The fourth-order valence-corrected chi connectivity index (χ4v) is 2.93. The van der Waals surface area contributed by atoms with Gasteiger partial charge in [0.2, 0.25) is 0 Å². The zero-order chi connectivity index (χ0) is 15.6. The number of nitrogens with zero attached hydrogens (tertiary/aromatic N) is 1. The van der Waals surface area contributed by atoms with E-state index in [-0.39, 0.29) is 0 Å². The summed E-state index contributed by atoms with van der Waals surface area (Å²) in [6, 6.07) is 15.8. The molecule has 0 radical (unpaired) electrons. The summed E-state index contributed by atoms with van der Waals surface area (Å²) in [5.41, 5.74) is 6.49. The third kappa shape index (κ3) is 2.41. The van der Waals surface area contributed by atoms with Crippen LogP contribution in [0.5, 0.6) is 0 Å². The molecule has 0 saturated heterocycles. The zero-order valence-electron chi connectivity index (χ0n) is 11.6. The van der Waals surface area contributed by atoms with Gasteiger partial charge in [0, 0.05) is 17.1 Å². The fraction of sp³-hybridized carbons (Fsp3) is 0.0588. The summed E-state index contributed by atoms with van der Waals surface area (Å²) in [5.74, 6) is -0.802. The lowest BCUT2D eigenvalue weighted by atomic mass is 9.85. The Morgan fingerprint density at radius 1 is 1.00 bits per heavy atom. The SMILES string of the molecule is NC(=O)C(O)(c1ccccc1)c1ccc(-c2cnsc2)cc1. The molecule has 1 atom stereocenters. The molecule has 3 rings (SSSR count). The number of rotatable bonds is 4. The highest BCUT2D eigenvalue weighted by atomic mass is 32.1. The maximum atomic E-state index is 11.9. The molecule has 5 heteroatoms. The standard InChI is InChI=1S/C17H14N2O2S/c18-16(20)17(21,14-4-2-1-3-5-14)15-8-6-12(7-9-15)13-10-19-22-11-13/h1-11,21H,(H2,18,20). The number of hydrogen-bond acceptors (Lipinski definition) is 4. The van der Waals surface area contributed by atoms with E-state index in [2.05, 4.69) is 4.37 Å². The molecule has 0 saturated carbocycles. The second kappa shape index (κ2) is 5.71. The number of carbonyl (C=O) groups excluding carboxylic acids is 1. The Labute approximate surface area is 132 Å². The van der Waals surface area contributed by atoms with E-state index in [0.717, 1.165) is 11.1 Å². The first-order chi connectivity index (χ1) is 10.6. The van der Waals surface area contributed by atoms with E-state index in [4.69, 9.17) is 5.73 Å². The summed E-state index contributed by atoms with van der Waals surface area (Å²) >= 11 is 1.37. The largest absolute Gasteiger partial charge is 0.372 e. The van der Waals surface area contributed by atoms with E-state index in [1.807, 2.05) is 23.6 Å². The highest BCUT2D eigenvalue weighted by Crippen LogP contribution is 2.31. The van der Waals surface area contributed by atoms with E-state index in [1.54, 1.807) is 42.6 Å². The number of benzene rings is 2. The Kier molecular flexibility index (Phi) is 3.75. The van der Waals surface area contributed by atoms with Gasteiger partial charge in [-0.1, -0.05) is 54.6 Å². The predicted octanol–water partition coefficient (Wildman–Crippen LogP) is 2.53. The summed E-state index contributed by atoms with van der Waals surface area (Å²) < 4.78 is 4.06. The molecule has 110 valence electrons. The van der Waals surface area contributed by atoms with Crippen molar-refractivity contribution < 1.29 is 9.90 Å². The molecule has 0 bridgehead atoms. The number of primary amides is 1. The summed E-state index contributed by atoms with van der Waals surface area (Å²) in [7, 11) is 0. The molecule has 0 aliphatic carbocycles. The lowest BCUT2D eigenvalue weighted by molar-refractivity contribution is -0.133. The lowest BCUT2D eigenvalue weighted by Gasteiger charge is -2.25. The second-order valence-corrected chi connectivity index (χ2v) is 5.59. The Balaban J connectivity index is 2.05. The molecule has 3 N–H and O–H groups in total. The molecule has 1 amide bonds. The van der Waals surface area contributed by atoms with Gasteiger partial charge in [0.05, 0.1) is 0 Å². The molecular weight excluding hydrogens is 296 g/mol. The van der Waals surface area contributed by atoms with Gasteiger partial charge >= 0.3 is 0 Å². The van der Waals surface area contributed by atoms with Crippen molar-refractivity contribution in [3.8, 4) is 11.1 Å².